The van der Waals surface area contributed by atoms with Gasteiger partial charge in [0.15, 0.2) is 6.29 Å². The first-order chi connectivity index (χ1) is 8.23. The van der Waals surface area contributed by atoms with Crippen LogP contribution in [0.5, 0.6) is 0 Å². The smallest absolute Gasteiger partial charge is 0.186 e. The fourth-order valence-corrected chi connectivity index (χ4v) is 2.17. The molecule has 0 radical (unpaired) electrons. The molecule has 5 atom stereocenters. The lowest BCUT2D eigenvalue weighted by Gasteiger charge is -2.44. The fraction of sp³-hybridized carbons (Fsp3) is 1.00. The lowest BCUT2D eigenvalue weighted by atomic mass is 9.98. The standard InChI is InChI=1S/C11H22O6/c1-12-6-7-8(13-2)9(14-3)10(15-4)11(16-5)17-7/h7-11H,6H2,1-5H3/t7-,8+,9+,10+,11+/m1/s1. The van der Waals surface area contributed by atoms with Crippen LogP contribution in [0.15, 0.2) is 0 Å². The largest absolute Gasteiger partial charge is 0.382 e. The molecule has 0 aliphatic carbocycles. The first-order valence-electron chi connectivity index (χ1n) is 5.49. The van der Waals surface area contributed by atoms with E-state index in [4.69, 9.17) is 28.4 Å². The van der Waals surface area contributed by atoms with Crippen molar-refractivity contribution in [1.82, 2.24) is 0 Å². The van der Waals surface area contributed by atoms with E-state index in [9.17, 15) is 0 Å². The minimum absolute atomic E-state index is 0.244. The molecule has 1 rings (SSSR count). The quantitative estimate of drug-likeness (QED) is 0.664. The van der Waals surface area contributed by atoms with E-state index < -0.39 is 6.29 Å². The lowest BCUT2D eigenvalue weighted by Crippen LogP contribution is -2.61. The van der Waals surface area contributed by atoms with E-state index in [1.807, 2.05) is 0 Å². The van der Waals surface area contributed by atoms with Crippen LogP contribution in [0.4, 0.5) is 0 Å². The second kappa shape index (κ2) is 7.25. The average Bonchev–Trinajstić information content (AvgIpc) is 2.37. The normalized spacial score (nSPS) is 38.3. The molecular weight excluding hydrogens is 228 g/mol. The Morgan fingerprint density at radius 3 is 1.76 bits per heavy atom. The van der Waals surface area contributed by atoms with Crippen LogP contribution >= 0.6 is 0 Å². The third kappa shape index (κ3) is 3.15. The minimum Gasteiger partial charge on any atom is -0.382 e. The van der Waals surface area contributed by atoms with Gasteiger partial charge in [0.25, 0.3) is 0 Å². The molecule has 102 valence electrons. The first-order valence-corrected chi connectivity index (χ1v) is 5.49. The molecule has 6 heteroatoms. The van der Waals surface area contributed by atoms with Gasteiger partial charge < -0.3 is 28.4 Å². The zero-order valence-electron chi connectivity index (χ0n) is 11.0. The second-order valence-electron chi connectivity index (χ2n) is 3.83. The van der Waals surface area contributed by atoms with Gasteiger partial charge in [-0.05, 0) is 0 Å². The predicted octanol–water partition coefficient (Wildman–Crippen LogP) is 0.0491. The summed E-state index contributed by atoms with van der Waals surface area (Å²) in [6, 6.07) is 0. The zero-order valence-corrected chi connectivity index (χ0v) is 11.0. The highest BCUT2D eigenvalue weighted by molar-refractivity contribution is 4.92. The fourth-order valence-electron chi connectivity index (χ4n) is 2.17. The Bertz CT molecular complexity index is 212. The predicted molar refractivity (Wildman–Crippen MR) is 59.9 cm³/mol. The van der Waals surface area contributed by atoms with Crippen molar-refractivity contribution in [2.45, 2.75) is 30.7 Å². The minimum atomic E-state index is -0.489. The molecule has 17 heavy (non-hydrogen) atoms. The Hall–Kier alpha value is -0.240. The molecular formula is C11H22O6. The van der Waals surface area contributed by atoms with Gasteiger partial charge in [-0.25, -0.2) is 0 Å². The maximum Gasteiger partial charge on any atom is 0.186 e. The Kier molecular flexibility index (Phi) is 6.32. The summed E-state index contributed by atoms with van der Waals surface area (Å²) >= 11 is 0. The van der Waals surface area contributed by atoms with E-state index in [1.54, 1.807) is 35.5 Å². The molecule has 0 saturated carbocycles. The van der Waals surface area contributed by atoms with Crippen molar-refractivity contribution < 1.29 is 28.4 Å². The summed E-state index contributed by atoms with van der Waals surface area (Å²) in [6.07, 6.45) is -1.58. The van der Waals surface area contributed by atoms with Crippen molar-refractivity contribution in [1.29, 1.82) is 0 Å². The highest BCUT2D eigenvalue weighted by atomic mass is 16.7. The molecule has 1 fully saturated rings. The molecule has 6 nitrogen and oxygen atoms in total. The highest BCUT2D eigenvalue weighted by Crippen LogP contribution is 2.27. The Morgan fingerprint density at radius 2 is 1.35 bits per heavy atom. The summed E-state index contributed by atoms with van der Waals surface area (Å²) < 4.78 is 32.3. The molecule has 0 amide bonds. The van der Waals surface area contributed by atoms with E-state index in [0.717, 1.165) is 0 Å². The van der Waals surface area contributed by atoms with Crippen molar-refractivity contribution in [2.75, 3.05) is 42.2 Å². The van der Waals surface area contributed by atoms with Crippen LogP contribution in [-0.2, 0) is 28.4 Å². The van der Waals surface area contributed by atoms with Crippen molar-refractivity contribution in [3.05, 3.63) is 0 Å². The highest BCUT2D eigenvalue weighted by Gasteiger charge is 2.47. The lowest BCUT2D eigenvalue weighted by molar-refractivity contribution is -0.307. The maximum atomic E-state index is 5.74. The maximum absolute atomic E-state index is 5.74. The molecule has 0 aromatic heterocycles. The van der Waals surface area contributed by atoms with Crippen LogP contribution < -0.4 is 0 Å². The van der Waals surface area contributed by atoms with Crippen molar-refractivity contribution in [3.8, 4) is 0 Å². The molecule has 0 unspecified atom stereocenters. The number of rotatable bonds is 6. The van der Waals surface area contributed by atoms with Gasteiger partial charge in [-0.1, -0.05) is 0 Å². The number of methoxy groups -OCH3 is 5. The third-order valence-corrected chi connectivity index (χ3v) is 2.97. The van der Waals surface area contributed by atoms with Gasteiger partial charge in [-0.3, -0.25) is 0 Å². The number of hydrogen-bond acceptors (Lipinski definition) is 6. The molecule has 1 aliphatic rings. The average molecular weight is 250 g/mol. The monoisotopic (exact) mass is 250 g/mol. The molecule has 1 saturated heterocycles. The first kappa shape index (κ1) is 14.8. The Morgan fingerprint density at radius 1 is 0.765 bits per heavy atom. The molecule has 1 aliphatic heterocycles. The molecule has 0 aromatic rings. The second-order valence-corrected chi connectivity index (χ2v) is 3.83. The summed E-state index contributed by atoms with van der Waals surface area (Å²) in [6.45, 7) is 0.411. The van der Waals surface area contributed by atoms with Gasteiger partial charge in [0.2, 0.25) is 0 Å². The van der Waals surface area contributed by atoms with Gasteiger partial charge in [0.05, 0.1) is 6.61 Å². The van der Waals surface area contributed by atoms with E-state index in [-0.39, 0.29) is 24.4 Å². The van der Waals surface area contributed by atoms with Crippen LogP contribution in [0, 0.1) is 0 Å². The van der Waals surface area contributed by atoms with Crippen LogP contribution in [-0.4, -0.2) is 72.9 Å². The summed E-state index contributed by atoms with van der Waals surface area (Å²) in [5.74, 6) is 0. The summed E-state index contributed by atoms with van der Waals surface area (Å²) in [7, 11) is 8.01. The van der Waals surface area contributed by atoms with Gasteiger partial charge in [0, 0.05) is 35.5 Å². The SMILES string of the molecule is COC[C@H]1O[C@H](OC)[C@@H](OC)[C@@H](OC)[C@H]1OC. The van der Waals surface area contributed by atoms with E-state index in [1.165, 1.54) is 0 Å². The summed E-state index contributed by atoms with van der Waals surface area (Å²) in [4.78, 5) is 0. The topological polar surface area (TPSA) is 55.4 Å². The molecule has 0 N–H and O–H groups in total. The number of hydrogen-bond donors (Lipinski definition) is 0. The summed E-state index contributed by atoms with van der Waals surface area (Å²) in [5, 5.41) is 0. The van der Waals surface area contributed by atoms with E-state index in [2.05, 4.69) is 0 Å². The van der Waals surface area contributed by atoms with Gasteiger partial charge >= 0.3 is 0 Å². The third-order valence-electron chi connectivity index (χ3n) is 2.97. The molecule has 0 bridgehead atoms. The van der Waals surface area contributed by atoms with Crippen LogP contribution in [0.3, 0.4) is 0 Å². The van der Waals surface area contributed by atoms with E-state index >= 15 is 0 Å². The Labute approximate surface area is 102 Å². The zero-order chi connectivity index (χ0) is 12.8. The van der Waals surface area contributed by atoms with Crippen LogP contribution in [0.1, 0.15) is 0 Å². The van der Waals surface area contributed by atoms with Gasteiger partial charge in [-0.2, -0.15) is 0 Å². The van der Waals surface area contributed by atoms with Crippen LogP contribution in [0.25, 0.3) is 0 Å². The molecule has 0 spiro atoms. The van der Waals surface area contributed by atoms with Gasteiger partial charge in [-0.15, -0.1) is 0 Å². The number of ether oxygens (including phenoxy) is 6. The summed E-state index contributed by atoms with van der Waals surface area (Å²) in [5.41, 5.74) is 0. The van der Waals surface area contributed by atoms with Crippen LogP contribution in [0.2, 0.25) is 0 Å². The molecule has 0 aromatic carbocycles. The van der Waals surface area contributed by atoms with Gasteiger partial charge in [0.1, 0.15) is 24.4 Å². The molecule has 1 heterocycles. The van der Waals surface area contributed by atoms with E-state index in [0.29, 0.717) is 6.61 Å². The Balaban J connectivity index is 2.84. The van der Waals surface area contributed by atoms with Crippen molar-refractivity contribution >= 4 is 0 Å². The van der Waals surface area contributed by atoms with Crippen molar-refractivity contribution in [3.63, 3.8) is 0 Å². The van der Waals surface area contributed by atoms with Crippen molar-refractivity contribution in [2.24, 2.45) is 0 Å².